The van der Waals surface area contributed by atoms with Gasteiger partial charge in [-0.1, -0.05) is 18.2 Å². The van der Waals surface area contributed by atoms with Gasteiger partial charge in [-0.15, -0.1) is 19.8 Å². The molecule has 1 unspecified atom stereocenters. The molecule has 0 fully saturated rings. The van der Waals surface area contributed by atoms with Crippen molar-refractivity contribution in [2.75, 3.05) is 0 Å². The fraction of sp³-hybridized carbons (Fsp3) is 0.250. The molecule has 0 saturated carbocycles. The first-order valence-corrected chi connectivity index (χ1v) is 5.10. The van der Waals surface area contributed by atoms with E-state index in [-0.39, 0.29) is 12.0 Å². The molecular formula is C12H12F3NO2. The second kappa shape index (κ2) is 5.68. The van der Waals surface area contributed by atoms with Crippen LogP contribution in [0.2, 0.25) is 0 Å². The second-order valence-corrected chi connectivity index (χ2v) is 3.54. The zero-order valence-electron chi connectivity index (χ0n) is 9.41. The van der Waals surface area contributed by atoms with Crippen LogP contribution in [-0.4, -0.2) is 18.2 Å². The zero-order valence-corrected chi connectivity index (χ0v) is 9.41. The molecule has 0 aliphatic rings. The van der Waals surface area contributed by atoms with Crippen LogP contribution in [0.5, 0.6) is 5.75 Å². The third-order valence-electron chi connectivity index (χ3n) is 2.14. The molecule has 1 atom stereocenters. The van der Waals surface area contributed by atoms with E-state index in [9.17, 15) is 18.0 Å². The molecule has 0 radical (unpaired) electrons. The van der Waals surface area contributed by atoms with Gasteiger partial charge in [-0.05, 0) is 18.6 Å². The monoisotopic (exact) mass is 259 g/mol. The summed E-state index contributed by atoms with van der Waals surface area (Å²) in [5.74, 6) is -1.16. The highest BCUT2D eigenvalue weighted by atomic mass is 19.4. The number of alkyl halides is 3. The van der Waals surface area contributed by atoms with Gasteiger partial charge in [-0.2, -0.15) is 0 Å². The van der Waals surface area contributed by atoms with Crippen molar-refractivity contribution < 1.29 is 22.7 Å². The first-order valence-electron chi connectivity index (χ1n) is 5.10. The van der Waals surface area contributed by atoms with Crippen molar-refractivity contribution in [3.63, 3.8) is 0 Å². The van der Waals surface area contributed by atoms with E-state index < -0.39 is 23.9 Å². The Hall–Kier alpha value is -1.82. The van der Waals surface area contributed by atoms with E-state index in [0.29, 0.717) is 0 Å². The van der Waals surface area contributed by atoms with Gasteiger partial charge in [-0.3, -0.25) is 4.79 Å². The van der Waals surface area contributed by atoms with Crippen molar-refractivity contribution >= 4 is 5.78 Å². The minimum Gasteiger partial charge on any atom is -0.405 e. The molecule has 1 aromatic carbocycles. The molecule has 0 aliphatic heterocycles. The van der Waals surface area contributed by atoms with E-state index in [0.717, 1.165) is 6.07 Å². The highest BCUT2D eigenvalue weighted by Crippen LogP contribution is 2.27. The predicted molar refractivity (Wildman–Crippen MR) is 60.2 cm³/mol. The maximum absolute atomic E-state index is 12.2. The summed E-state index contributed by atoms with van der Waals surface area (Å²) in [5.41, 5.74) is 5.34. The number of para-hydroxylation sites is 1. The number of hydrogen-bond donors (Lipinski definition) is 1. The molecule has 0 spiro atoms. The summed E-state index contributed by atoms with van der Waals surface area (Å²) < 4.78 is 40.2. The molecular weight excluding hydrogens is 247 g/mol. The van der Waals surface area contributed by atoms with E-state index in [1.54, 1.807) is 0 Å². The Morgan fingerprint density at radius 1 is 1.44 bits per heavy atom. The minimum absolute atomic E-state index is 0.180. The topological polar surface area (TPSA) is 52.3 Å². The van der Waals surface area contributed by atoms with Crippen molar-refractivity contribution in [3.8, 4) is 5.75 Å². The molecule has 0 heterocycles. The largest absolute Gasteiger partial charge is 0.573 e. The van der Waals surface area contributed by atoms with Gasteiger partial charge in [0.2, 0.25) is 0 Å². The van der Waals surface area contributed by atoms with Gasteiger partial charge >= 0.3 is 6.36 Å². The van der Waals surface area contributed by atoms with Crippen molar-refractivity contribution in [2.24, 2.45) is 5.73 Å². The Morgan fingerprint density at radius 3 is 2.61 bits per heavy atom. The van der Waals surface area contributed by atoms with Crippen molar-refractivity contribution in [3.05, 3.63) is 42.5 Å². The average molecular weight is 259 g/mol. The van der Waals surface area contributed by atoms with Crippen LogP contribution in [0.1, 0.15) is 16.8 Å². The first-order chi connectivity index (χ1) is 8.35. The summed E-state index contributed by atoms with van der Waals surface area (Å²) in [4.78, 5) is 11.8. The third-order valence-corrected chi connectivity index (χ3v) is 2.14. The van der Waals surface area contributed by atoms with Gasteiger partial charge in [0.25, 0.3) is 0 Å². The van der Waals surface area contributed by atoms with Crippen LogP contribution in [0.3, 0.4) is 0 Å². The normalized spacial score (nSPS) is 12.9. The van der Waals surface area contributed by atoms with Crippen molar-refractivity contribution in [1.82, 2.24) is 0 Å². The average Bonchev–Trinajstić information content (AvgIpc) is 2.27. The number of carbonyl (C=O) groups is 1. The van der Waals surface area contributed by atoms with Crippen LogP contribution < -0.4 is 10.5 Å². The summed E-state index contributed by atoms with van der Waals surface area (Å²) in [6.45, 7) is 3.42. The molecule has 0 saturated heterocycles. The Bertz CT molecular complexity index is 443. The van der Waals surface area contributed by atoms with Crippen LogP contribution >= 0.6 is 0 Å². The number of hydrogen-bond acceptors (Lipinski definition) is 3. The smallest absolute Gasteiger partial charge is 0.405 e. The number of Topliss-reactive ketones (excluding diaryl/α,β-unsaturated/α-hetero) is 1. The maximum Gasteiger partial charge on any atom is 0.573 e. The molecule has 3 nitrogen and oxygen atoms in total. The van der Waals surface area contributed by atoms with Gasteiger partial charge in [0.15, 0.2) is 5.78 Å². The van der Waals surface area contributed by atoms with Gasteiger partial charge < -0.3 is 10.5 Å². The van der Waals surface area contributed by atoms with Gasteiger partial charge in [0.05, 0.1) is 11.6 Å². The highest BCUT2D eigenvalue weighted by molar-refractivity contribution is 6.02. The predicted octanol–water partition coefficient (Wildman–Crippen LogP) is 2.67. The SMILES string of the molecule is C=CCC(N)C(=O)c1ccccc1OC(F)(F)F. The molecule has 2 N–H and O–H groups in total. The first kappa shape index (κ1) is 14.2. The Kier molecular flexibility index (Phi) is 4.49. The summed E-state index contributed by atoms with van der Waals surface area (Å²) in [5, 5.41) is 0. The van der Waals surface area contributed by atoms with E-state index in [1.165, 1.54) is 24.3 Å². The fourth-order valence-electron chi connectivity index (χ4n) is 1.37. The van der Waals surface area contributed by atoms with Crippen LogP contribution in [0.15, 0.2) is 36.9 Å². The highest BCUT2D eigenvalue weighted by Gasteiger charge is 2.33. The number of halogens is 3. The summed E-state index contributed by atoms with van der Waals surface area (Å²) in [6, 6.07) is 4.17. The van der Waals surface area contributed by atoms with Crippen LogP contribution in [-0.2, 0) is 0 Å². The summed E-state index contributed by atoms with van der Waals surface area (Å²) in [7, 11) is 0. The molecule has 0 amide bonds. The fourth-order valence-corrected chi connectivity index (χ4v) is 1.37. The molecule has 0 aliphatic carbocycles. The summed E-state index contributed by atoms with van der Waals surface area (Å²) in [6.07, 6.45) is -3.24. The maximum atomic E-state index is 12.2. The quantitative estimate of drug-likeness (QED) is 0.653. The number of rotatable bonds is 5. The van der Waals surface area contributed by atoms with E-state index >= 15 is 0 Å². The molecule has 6 heteroatoms. The lowest BCUT2D eigenvalue weighted by atomic mass is 10.0. The van der Waals surface area contributed by atoms with E-state index in [1.807, 2.05) is 0 Å². The standard InChI is InChI=1S/C12H12F3NO2/c1-2-5-9(16)11(17)8-6-3-4-7-10(8)18-12(13,14)15/h2-4,6-7,9H,1,5,16H2. The van der Waals surface area contributed by atoms with E-state index in [4.69, 9.17) is 5.73 Å². The van der Waals surface area contributed by atoms with Crippen molar-refractivity contribution in [2.45, 2.75) is 18.8 Å². The Morgan fingerprint density at radius 2 is 2.06 bits per heavy atom. The molecule has 1 rings (SSSR count). The van der Waals surface area contributed by atoms with Gasteiger partial charge in [-0.25, -0.2) is 0 Å². The number of nitrogens with two attached hydrogens (primary N) is 1. The lowest BCUT2D eigenvalue weighted by molar-refractivity contribution is -0.274. The van der Waals surface area contributed by atoms with Crippen molar-refractivity contribution in [1.29, 1.82) is 0 Å². The second-order valence-electron chi connectivity index (χ2n) is 3.54. The Balaban J connectivity index is 3.01. The zero-order chi connectivity index (χ0) is 13.8. The third kappa shape index (κ3) is 3.89. The molecule has 98 valence electrons. The van der Waals surface area contributed by atoms with E-state index in [2.05, 4.69) is 11.3 Å². The molecule has 0 aromatic heterocycles. The number of carbonyl (C=O) groups excluding carboxylic acids is 1. The van der Waals surface area contributed by atoms with Crippen LogP contribution in [0.4, 0.5) is 13.2 Å². The molecule has 0 bridgehead atoms. The Labute approximate surface area is 102 Å². The van der Waals surface area contributed by atoms with Gasteiger partial charge in [0, 0.05) is 0 Å². The van der Waals surface area contributed by atoms with Gasteiger partial charge in [0.1, 0.15) is 5.75 Å². The number of benzene rings is 1. The van der Waals surface area contributed by atoms with Crippen LogP contribution in [0, 0.1) is 0 Å². The van der Waals surface area contributed by atoms with Crippen LogP contribution in [0.25, 0.3) is 0 Å². The summed E-state index contributed by atoms with van der Waals surface area (Å²) >= 11 is 0. The minimum atomic E-state index is -4.85. The number of ketones is 1. The number of ether oxygens (including phenoxy) is 1. The molecule has 18 heavy (non-hydrogen) atoms. The molecule has 1 aromatic rings. The lowest BCUT2D eigenvalue weighted by Gasteiger charge is -2.14. The lowest BCUT2D eigenvalue weighted by Crippen LogP contribution is -2.30.